The van der Waals surface area contributed by atoms with Gasteiger partial charge in [0.15, 0.2) is 5.60 Å². The molecule has 0 heterocycles. The van der Waals surface area contributed by atoms with Crippen LogP contribution in [0.25, 0.3) is 0 Å². The van der Waals surface area contributed by atoms with E-state index in [0.717, 1.165) is 23.8 Å². The van der Waals surface area contributed by atoms with E-state index >= 15 is 0 Å². The molecule has 3 aromatic rings. The molecule has 1 atom stereocenters. The van der Waals surface area contributed by atoms with Crippen molar-refractivity contribution in [3.8, 4) is 5.75 Å². The van der Waals surface area contributed by atoms with E-state index in [1.54, 1.807) is 31.2 Å². The van der Waals surface area contributed by atoms with Crippen LogP contribution in [0.4, 0.5) is 17.6 Å². The minimum atomic E-state index is -1.49. The molecule has 180 valence electrons. The number of carbonyl (C=O) groups is 1. The molecule has 0 radical (unpaired) electrons. The fourth-order valence-corrected chi connectivity index (χ4v) is 3.76. The summed E-state index contributed by atoms with van der Waals surface area (Å²) in [6.45, 7) is 4.67. The van der Waals surface area contributed by atoms with Gasteiger partial charge in [0.05, 0.1) is 0 Å². The van der Waals surface area contributed by atoms with Crippen LogP contribution < -0.4 is 10.1 Å². The summed E-state index contributed by atoms with van der Waals surface area (Å²) in [5.74, 6) is -3.86. The van der Waals surface area contributed by atoms with Gasteiger partial charge in [0.25, 0.3) is 5.91 Å². The first-order valence-electron chi connectivity index (χ1n) is 10.5. The van der Waals surface area contributed by atoms with Gasteiger partial charge in [-0.05, 0) is 55.7 Å². The molecule has 3 aromatic carbocycles. The van der Waals surface area contributed by atoms with Gasteiger partial charge in [-0.25, -0.2) is 17.6 Å². The molecule has 0 aliphatic heterocycles. The number of amides is 1. The van der Waals surface area contributed by atoms with Gasteiger partial charge in [0.1, 0.15) is 29.0 Å². The maximum atomic E-state index is 14.0. The van der Waals surface area contributed by atoms with Crippen LogP contribution in [0.15, 0.2) is 60.7 Å². The molecular weight excluding hydrogens is 470 g/mol. The Hall–Kier alpha value is -3.06. The van der Waals surface area contributed by atoms with Gasteiger partial charge in [-0.2, -0.15) is 0 Å². The highest BCUT2D eigenvalue weighted by Gasteiger charge is 2.34. The number of hydrogen-bond donors (Lipinski definition) is 1. The van der Waals surface area contributed by atoms with Crippen LogP contribution in [0.5, 0.6) is 5.75 Å². The van der Waals surface area contributed by atoms with Gasteiger partial charge in [0.2, 0.25) is 0 Å². The minimum absolute atomic E-state index is 0.00164. The zero-order valence-electron chi connectivity index (χ0n) is 18.9. The number of hydrogen-bond acceptors (Lipinski definition) is 2. The zero-order chi connectivity index (χ0) is 25.1. The first-order chi connectivity index (χ1) is 15.9. The summed E-state index contributed by atoms with van der Waals surface area (Å²) in [5, 5.41) is 3.30. The summed E-state index contributed by atoms with van der Waals surface area (Å²) in [6.07, 6.45) is 0.337. The molecule has 0 bridgehead atoms. The van der Waals surface area contributed by atoms with Gasteiger partial charge in [0, 0.05) is 41.2 Å². The molecule has 3 rings (SSSR count). The number of rotatable bonds is 8. The van der Waals surface area contributed by atoms with E-state index < -0.39 is 40.2 Å². The van der Waals surface area contributed by atoms with Crippen LogP contribution in [0.2, 0.25) is 5.02 Å². The second kappa shape index (κ2) is 10.1. The van der Waals surface area contributed by atoms with Gasteiger partial charge >= 0.3 is 0 Å². The highest BCUT2D eigenvalue weighted by Crippen LogP contribution is 2.30. The highest BCUT2D eigenvalue weighted by atomic mass is 35.5. The fourth-order valence-electron chi connectivity index (χ4n) is 3.64. The van der Waals surface area contributed by atoms with Crippen molar-refractivity contribution in [1.82, 2.24) is 5.32 Å². The van der Waals surface area contributed by atoms with Gasteiger partial charge in [-0.15, -0.1) is 0 Å². The monoisotopic (exact) mass is 493 g/mol. The molecule has 0 saturated heterocycles. The molecule has 3 nitrogen and oxygen atoms in total. The largest absolute Gasteiger partial charge is 0.478 e. The number of nitrogens with one attached hydrogen (secondary N) is 1. The number of benzene rings is 3. The van der Waals surface area contributed by atoms with Crippen molar-refractivity contribution in [2.45, 2.75) is 38.2 Å². The number of carbonyl (C=O) groups excluding carboxylic acids is 1. The van der Waals surface area contributed by atoms with Crippen LogP contribution in [-0.4, -0.2) is 18.1 Å². The Kier molecular flexibility index (Phi) is 7.56. The van der Waals surface area contributed by atoms with Crippen molar-refractivity contribution >= 4 is 17.5 Å². The molecule has 1 N–H and O–H groups in total. The molecule has 34 heavy (non-hydrogen) atoms. The lowest BCUT2D eigenvalue weighted by atomic mass is 9.77. The molecule has 1 unspecified atom stereocenters. The van der Waals surface area contributed by atoms with Crippen molar-refractivity contribution < 1.29 is 27.1 Å². The molecule has 0 fully saturated rings. The molecule has 1 amide bonds. The Bertz CT molecular complexity index is 1140. The van der Waals surface area contributed by atoms with Crippen molar-refractivity contribution in [3.63, 3.8) is 0 Å². The van der Waals surface area contributed by atoms with Crippen LogP contribution in [0, 0.1) is 23.3 Å². The first-order valence-corrected chi connectivity index (χ1v) is 10.9. The van der Waals surface area contributed by atoms with E-state index in [1.807, 2.05) is 0 Å². The summed E-state index contributed by atoms with van der Waals surface area (Å²) >= 11 is 5.96. The minimum Gasteiger partial charge on any atom is -0.478 e. The van der Waals surface area contributed by atoms with Crippen molar-refractivity contribution in [2.24, 2.45) is 0 Å². The number of ether oxygens (including phenoxy) is 1. The normalized spacial score (nSPS) is 13.3. The second-order valence-electron chi connectivity index (χ2n) is 8.92. The predicted octanol–water partition coefficient (Wildman–Crippen LogP) is 6.37. The van der Waals surface area contributed by atoms with E-state index in [4.69, 9.17) is 16.3 Å². The third-order valence-electron chi connectivity index (χ3n) is 5.46. The smallest absolute Gasteiger partial charge is 0.263 e. The van der Waals surface area contributed by atoms with Gasteiger partial charge < -0.3 is 10.1 Å². The molecule has 0 aromatic heterocycles. The summed E-state index contributed by atoms with van der Waals surface area (Å²) in [6, 6.07) is 12.9. The standard InChI is InChI=1S/C26H24ClF4NO2/c1-25(2,34-23-12-21(30)11-22(31)13-23)24(33)32-15-26(3,14-16-4-6-18(27)7-5-16)17-8-19(28)10-20(29)9-17/h4-13H,14-15H2,1-3H3,(H,32,33). The SMILES string of the molecule is CC(C)(Oc1cc(F)cc(F)c1)C(=O)NCC(C)(Cc1ccc(Cl)cc1)c1cc(F)cc(F)c1. The van der Waals surface area contributed by atoms with Crippen molar-refractivity contribution in [3.05, 3.63) is 100 Å². The second-order valence-corrected chi connectivity index (χ2v) is 9.36. The van der Waals surface area contributed by atoms with Crippen LogP contribution in [0.1, 0.15) is 31.9 Å². The maximum absolute atomic E-state index is 14.0. The third kappa shape index (κ3) is 6.50. The van der Waals surface area contributed by atoms with Crippen LogP contribution in [-0.2, 0) is 16.6 Å². The van der Waals surface area contributed by atoms with Gasteiger partial charge in [-0.3, -0.25) is 4.79 Å². The van der Waals surface area contributed by atoms with Crippen LogP contribution >= 0.6 is 11.6 Å². The average molecular weight is 494 g/mol. The summed E-state index contributed by atoms with van der Waals surface area (Å²) in [5.41, 5.74) is -1.20. The third-order valence-corrected chi connectivity index (χ3v) is 5.71. The van der Waals surface area contributed by atoms with E-state index in [0.29, 0.717) is 23.1 Å². The first kappa shape index (κ1) is 25.6. The Morgan fingerprint density at radius 3 is 1.88 bits per heavy atom. The molecule has 0 spiro atoms. The zero-order valence-corrected chi connectivity index (χ0v) is 19.6. The van der Waals surface area contributed by atoms with E-state index in [9.17, 15) is 22.4 Å². The predicted molar refractivity (Wildman–Crippen MR) is 123 cm³/mol. The fraction of sp³-hybridized carbons (Fsp3) is 0.269. The Balaban J connectivity index is 1.83. The van der Waals surface area contributed by atoms with Crippen LogP contribution in [0.3, 0.4) is 0 Å². The average Bonchev–Trinajstić information content (AvgIpc) is 2.72. The molecular formula is C26H24ClF4NO2. The van der Waals surface area contributed by atoms with Crippen molar-refractivity contribution in [1.29, 1.82) is 0 Å². The Labute approximate surface area is 200 Å². The quantitative estimate of drug-likeness (QED) is 0.370. The van der Waals surface area contributed by atoms with E-state index in [1.165, 1.54) is 26.0 Å². The van der Waals surface area contributed by atoms with E-state index in [-0.39, 0.29) is 12.3 Å². The lowest BCUT2D eigenvalue weighted by molar-refractivity contribution is -0.134. The maximum Gasteiger partial charge on any atom is 0.263 e. The highest BCUT2D eigenvalue weighted by molar-refractivity contribution is 6.30. The summed E-state index contributed by atoms with van der Waals surface area (Å²) in [7, 11) is 0. The van der Waals surface area contributed by atoms with Crippen molar-refractivity contribution in [2.75, 3.05) is 6.54 Å². The molecule has 0 aliphatic carbocycles. The summed E-state index contributed by atoms with van der Waals surface area (Å²) < 4.78 is 60.6. The molecule has 8 heteroatoms. The lowest BCUT2D eigenvalue weighted by Gasteiger charge is -2.33. The Morgan fingerprint density at radius 1 is 0.853 bits per heavy atom. The molecule has 0 saturated carbocycles. The Morgan fingerprint density at radius 2 is 1.35 bits per heavy atom. The lowest BCUT2D eigenvalue weighted by Crippen LogP contribution is -2.50. The summed E-state index contributed by atoms with van der Waals surface area (Å²) in [4.78, 5) is 13.0. The topological polar surface area (TPSA) is 38.3 Å². The number of halogens is 5. The van der Waals surface area contributed by atoms with E-state index in [2.05, 4.69) is 5.32 Å². The molecule has 0 aliphatic rings. The van der Waals surface area contributed by atoms with Gasteiger partial charge in [-0.1, -0.05) is 30.7 Å².